The second kappa shape index (κ2) is 7.66. The van der Waals surface area contributed by atoms with Crippen LogP contribution in [0.2, 0.25) is 0 Å². The van der Waals surface area contributed by atoms with Crippen LogP contribution in [0.5, 0.6) is 0 Å². The normalized spacial score (nSPS) is 21.3. The summed E-state index contributed by atoms with van der Waals surface area (Å²) in [7, 11) is 0. The van der Waals surface area contributed by atoms with E-state index in [9.17, 15) is 0 Å². The van der Waals surface area contributed by atoms with Crippen LogP contribution in [-0.4, -0.2) is 30.6 Å². The van der Waals surface area contributed by atoms with Gasteiger partial charge in [0, 0.05) is 12.6 Å². The van der Waals surface area contributed by atoms with Gasteiger partial charge in [0.15, 0.2) is 0 Å². The zero-order valence-corrected chi connectivity index (χ0v) is 12.5. The van der Waals surface area contributed by atoms with Gasteiger partial charge in [0.2, 0.25) is 0 Å². The van der Waals surface area contributed by atoms with Crippen LogP contribution in [-0.2, 0) is 6.54 Å². The average Bonchev–Trinajstić information content (AvgIpc) is 2.64. The van der Waals surface area contributed by atoms with E-state index in [2.05, 4.69) is 48.3 Å². The summed E-state index contributed by atoms with van der Waals surface area (Å²) >= 11 is 0. The predicted molar refractivity (Wildman–Crippen MR) is 82.4 cm³/mol. The van der Waals surface area contributed by atoms with Crippen molar-refractivity contribution in [3.05, 3.63) is 35.4 Å². The number of hydrogen-bond donors (Lipinski definition) is 1. The highest BCUT2D eigenvalue weighted by Crippen LogP contribution is 2.12. The van der Waals surface area contributed by atoms with Gasteiger partial charge in [-0.05, 0) is 57.8 Å². The number of hydrogen-bond acceptors (Lipinski definition) is 2. The molecule has 1 atom stereocenters. The molecule has 0 amide bonds. The van der Waals surface area contributed by atoms with Gasteiger partial charge in [-0.15, -0.1) is 0 Å². The molecule has 2 rings (SSSR count). The Hall–Kier alpha value is -0.860. The Labute approximate surface area is 118 Å². The van der Waals surface area contributed by atoms with E-state index < -0.39 is 0 Å². The minimum absolute atomic E-state index is 0.697. The third kappa shape index (κ3) is 4.96. The summed E-state index contributed by atoms with van der Waals surface area (Å²) in [5, 5.41) is 3.73. The number of benzene rings is 1. The molecule has 1 unspecified atom stereocenters. The molecule has 1 aliphatic rings. The van der Waals surface area contributed by atoms with Crippen LogP contribution in [0, 0.1) is 6.92 Å². The summed E-state index contributed by atoms with van der Waals surface area (Å²) in [6, 6.07) is 9.58. The van der Waals surface area contributed by atoms with Gasteiger partial charge in [0.1, 0.15) is 0 Å². The van der Waals surface area contributed by atoms with Crippen LogP contribution < -0.4 is 5.32 Å². The van der Waals surface area contributed by atoms with Crippen molar-refractivity contribution in [2.75, 3.05) is 19.6 Å². The molecule has 2 nitrogen and oxygen atoms in total. The Morgan fingerprint density at radius 3 is 2.68 bits per heavy atom. The predicted octanol–water partition coefficient (Wildman–Crippen LogP) is 3.35. The molecule has 1 aromatic carbocycles. The van der Waals surface area contributed by atoms with Crippen molar-refractivity contribution in [3.63, 3.8) is 0 Å². The molecule has 19 heavy (non-hydrogen) atoms. The Kier molecular flexibility index (Phi) is 5.87. The summed E-state index contributed by atoms with van der Waals surface area (Å²) in [6.45, 7) is 9.25. The third-order valence-electron chi connectivity index (χ3n) is 4.08. The highest BCUT2D eigenvalue weighted by Gasteiger charge is 2.15. The van der Waals surface area contributed by atoms with Crippen LogP contribution in [0.4, 0.5) is 0 Å². The van der Waals surface area contributed by atoms with E-state index in [1.807, 2.05) is 0 Å². The van der Waals surface area contributed by atoms with Gasteiger partial charge in [-0.25, -0.2) is 0 Å². The van der Waals surface area contributed by atoms with Crippen molar-refractivity contribution in [3.8, 4) is 0 Å². The van der Waals surface area contributed by atoms with E-state index in [1.54, 1.807) is 0 Å². The molecular weight excluding hydrogens is 232 g/mol. The van der Waals surface area contributed by atoms with Gasteiger partial charge in [-0.2, -0.15) is 0 Å². The lowest BCUT2D eigenvalue weighted by atomic mass is 10.1. The first-order valence-electron chi connectivity index (χ1n) is 7.79. The molecule has 1 heterocycles. The lowest BCUT2D eigenvalue weighted by molar-refractivity contribution is 0.282. The monoisotopic (exact) mass is 260 g/mol. The molecule has 1 aromatic rings. The van der Waals surface area contributed by atoms with Crippen molar-refractivity contribution in [1.29, 1.82) is 0 Å². The third-order valence-corrected chi connectivity index (χ3v) is 4.08. The standard InChI is InChI=1S/C17H28N2/c1-3-11-19-12-4-5-17(10-13-19)18-14-16-8-6-15(2)7-9-16/h6-9,17-18H,3-5,10-14H2,1-2H3. The molecule has 0 bridgehead atoms. The summed E-state index contributed by atoms with van der Waals surface area (Å²) in [6.07, 6.45) is 5.24. The minimum atomic E-state index is 0.697. The summed E-state index contributed by atoms with van der Waals surface area (Å²) < 4.78 is 0. The first-order valence-corrected chi connectivity index (χ1v) is 7.79. The Bertz CT molecular complexity index is 358. The fourth-order valence-electron chi connectivity index (χ4n) is 2.87. The smallest absolute Gasteiger partial charge is 0.0208 e. The zero-order chi connectivity index (χ0) is 13.5. The van der Waals surface area contributed by atoms with Gasteiger partial charge in [0.05, 0.1) is 0 Å². The molecule has 1 N–H and O–H groups in total. The SMILES string of the molecule is CCCN1CCCC(NCc2ccc(C)cc2)CC1. The Morgan fingerprint density at radius 2 is 1.95 bits per heavy atom. The Balaban J connectivity index is 1.75. The lowest BCUT2D eigenvalue weighted by Gasteiger charge is -2.19. The van der Waals surface area contributed by atoms with Gasteiger partial charge in [0.25, 0.3) is 0 Å². The van der Waals surface area contributed by atoms with Crippen LogP contribution >= 0.6 is 0 Å². The fourth-order valence-corrected chi connectivity index (χ4v) is 2.87. The number of nitrogens with zero attached hydrogens (tertiary/aromatic N) is 1. The highest BCUT2D eigenvalue weighted by atomic mass is 15.1. The van der Waals surface area contributed by atoms with Crippen LogP contribution in [0.3, 0.4) is 0 Å². The second-order valence-corrected chi connectivity index (χ2v) is 5.84. The largest absolute Gasteiger partial charge is 0.310 e. The highest BCUT2D eigenvalue weighted by molar-refractivity contribution is 5.21. The maximum Gasteiger partial charge on any atom is 0.0208 e. The summed E-state index contributed by atoms with van der Waals surface area (Å²) in [5.74, 6) is 0. The lowest BCUT2D eigenvalue weighted by Crippen LogP contribution is -2.30. The first kappa shape index (κ1) is 14.5. The molecule has 106 valence electrons. The van der Waals surface area contributed by atoms with Gasteiger partial charge >= 0.3 is 0 Å². The van der Waals surface area contributed by atoms with E-state index in [0.29, 0.717) is 6.04 Å². The number of nitrogens with one attached hydrogen (secondary N) is 1. The maximum atomic E-state index is 3.73. The van der Waals surface area contributed by atoms with E-state index in [4.69, 9.17) is 0 Å². The molecule has 0 aliphatic carbocycles. The number of aryl methyl sites for hydroxylation is 1. The van der Waals surface area contributed by atoms with Crippen LogP contribution in [0.1, 0.15) is 43.7 Å². The van der Waals surface area contributed by atoms with Gasteiger partial charge in [-0.1, -0.05) is 36.8 Å². The van der Waals surface area contributed by atoms with Crippen molar-refractivity contribution in [1.82, 2.24) is 10.2 Å². The molecule has 0 saturated carbocycles. The van der Waals surface area contributed by atoms with E-state index >= 15 is 0 Å². The van der Waals surface area contributed by atoms with Crippen molar-refractivity contribution < 1.29 is 0 Å². The van der Waals surface area contributed by atoms with Crippen LogP contribution in [0.25, 0.3) is 0 Å². The van der Waals surface area contributed by atoms with E-state index in [1.165, 1.54) is 56.4 Å². The van der Waals surface area contributed by atoms with Crippen LogP contribution in [0.15, 0.2) is 24.3 Å². The van der Waals surface area contributed by atoms with E-state index in [0.717, 1.165) is 6.54 Å². The number of likely N-dealkylation sites (tertiary alicyclic amines) is 1. The molecule has 0 radical (unpaired) electrons. The molecule has 1 fully saturated rings. The number of rotatable bonds is 5. The topological polar surface area (TPSA) is 15.3 Å². The summed E-state index contributed by atoms with van der Waals surface area (Å²) in [5.41, 5.74) is 2.74. The molecule has 0 spiro atoms. The fraction of sp³-hybridized carbons (Fsp3) is 0.647. The van der Waals surface area contributed by atoms with Crippen molar-refractivity contribution >= 4 is 0 Å². The second-order valence-electron chi connectivity index (χ2n) is 5.84. The van der Waals surface area contributed by atoms with Gasteiger partial charge < -0.3 is 10.2 Å². The quantitative estimate of drug-likeness (QED) is 0.873. The Morgan fingerprint density at radius 1 is 1.16 bits per heavy atom. The molecule has 2 heteroatoms. The van der Waals surface area contributed by atoms with Gasteiger partial charge in [-0.3, -0.25) is 0 Å². The minimum Gasteiger partial charge on any atom is -0.310 e. The molecular formula is C17H28N2. The van der Waals surface area contributed by atoms with Crippen molar-refractivity contribution in [2.24, 2.45) is 0 Å². The molecule has 0 aromatic heterocycles. The molecule has 1 saturated heterocycles. The maximum absolute atomic E-state index is 3.73. The first-order chi connectivity index (χ1) is 9.28. The average molecular weight is 260 g/mol. The summed E-state index contributed by atoms with van der Waals surface area (Å²) in [4.78, 5) is 2.62. The molecule has 1 aliphatic heterocycles. The van der Waals surface area contributed by atoms with E-state index in [-0.39, 0.29) is 0 Å². The zero-order valence-electron chi connectivity index (χ0n) is 12.5. The van der Waals surface area contributed by atoms with Crippen molar-refractivity contribution in [2.45, 2.75) is 52.1 Å².